The number of ether oxygens (including phenoxy) is 3. The van der Waals surface area contributed by atoms with Crippen LogP contribution >= 0.6 is 0 Å². The summed E-state index contributed by atoms with van der Waals surface area (Å²) in [6, 6.07) is 9.20. The zero-order chi connectivity index (χ0) is 25.0. The zero-order valence-corrected chi connectivity index (χ0v) is 20.5. The maximum atomic E-state index is 13.5. The molecule has 1 aliphatic heterocycles. The van der Waals surface area contributed by atoms with Gasteiger partial charge >= 0.3 is 12.1 Å². The van der Waals surface area contributed by atoms with Gasteiger partial charge in [0.05, 0.1) is 29.3 Å². The van der Waals surface area contributed by atoms with Crippen LogP contribution in [0.15, 0.2) is 36.4 Å². The molecular formula is C26H32N2O6. The summed E-state index contributed by atoms with van der Waals surface area (Å²) in [5, 5.41) is 0.936. The fourth-order valence-corrected chi connectivity index (χ4v) is 3.99. The lowest BCUT2D eigenvalue weighted by atomic mass is 9.87. The second kappa shape index (κ2) is 10.3. The summed E-state index contributed by atoms with van der Waals surface area (Å²) in [6.45, 7) is 9.09. The molecule has 0 bridgehead atoms. The van der Waals surface area contributed by atoms with Gasteiger partial charge in [-0.1, -0.05) is 44.2 Å². The second-order valence-electron chi connectivity index (χ2n) is 9.19. The highest BCUT2D eigenvalue weighted by Crippen LogP contribution is 2.30. The summed E-state index contributed by atoms with van der Waals surface area (Å²) >= 11 is 0. The van der Waals surface area contributed by atoms with Gasteiger partial charge in [0.1, 0.15) is 12.7 Å². The Morgan fingerprint density at radius 1 is 1.26 bits per heavy atom. The lowest BCUT2D eigenvalue weighted by Gasteiger charge is -2.31. The second-order valence-corrected chi connectivity index (χ2v) is 9.19. The fraction of sp³-hybridized carbons (Fsp3) is 0.462. The third-order valence-electron chi connectivity index (χ3n) is 5.97. The van der Waals surface area contributed by atoms with Crippen molar-refractivity contribution >= 4 is 34.9 Å². The van der Waals surface area contributed by atoms with Gasteiger partial charge in [-0.05, 0) is 37.5 Å². The topological polar surface area (TPSA) is 95.0 Å². The number of pyridine rings is 1. The minimum Gasteiger partial charge on any atom is -0.456 e. The molecule has 8 nitrogen and oxygen atoms in total. The van der Waals surface area contributed by atoms with Gasteiger partial charge in [-0.25, -0.2) is 14.7 Å². The number of hydrogen-bond donors (Lipinski definition) is 0. The van der Waals surface area contributed by atoms with Gasteiger partial charge in [-0.3, -0.25) is 9.59 Å². The number of benzene rings is 1. The first-order chi connectivity index (χ1) is 16.1. The summed E-state index contributed by atoms with van der Waals surface area (Å²) < 4.78 is 15.7. The summed E-state index contributed by atoms with van der Waals surface area (Å²) in [5.74, 6) is -0.653. The van der Waals surface area contributed by atoms with Gasteiger partial charge in [0.25, 0.3) is 0 Å². The van der Waals surface area contributed by atoms with Crippen molar-refractivity contribution in [1.82, 2.24) is 9.88 Å². The number of aromatic nitrogens is 1. The molecule has 0 saturated carbocycles. The van der Waals surface area contributed by atoms with E-state index in [2.05, 4.69) is 4.98 Å². The van der Waals surface area contributed by atoms with E-state index in [1.807, 2.05) is 50.3 Å². The molecule has 2 heterocycles. The average Bonchev–Trinajstić information content (AvgIpc) is 3.17. The van der Waals surface area contributed by atoms with Crippen LogP contribution in [0.25, 0.3) is 17.0 Å². The number of rotatable bonds is 8. The minimum absolute atomic E-state index is 0.0707. The number of methoxy groups -OCH3 is 1. The van der Waals surface area contributed by atoms with E-state index in [-0.39, 0.29) is 37.0 Å². The normalized spacial score (nSPS) is 18.9. The van der Waals surface area contributed by atoms with Crippen molar-refractivity contribution in [3.63, 3.8) is 0 Å². The number of fused-ring (bicyclic) bond motifs is 1. The maximum absolute atomic E-state index is 13.5. The number of hydrogen-bond acceptors (Lipinski definition) is 7. The zero-order valence-electron chi connectivity index (χ0n) is 20.5. The molecule has 1 aromatic heterocycles. The Morgan fingerprint density at radius 3 is 2.62 bits per heavy atom. The van der Waals surface area contributed by atoms with Crippen molar-refractivity contribution in [2.45, 2.75) is 46.8 Å². The van der Waals surface area contributed by atoms with Gasteiger partial charge in [0.2, 0.25) is 5.91 Å². The molecule has 0 N–H and O–H groups in total. The first-order valence-electron chi connectivity index (χ1n) is 11.3. The molecule has 34 heavy (non-hydrogen) atoms. The van der Waals surface area contributed by atoms with Crippen molar-refractivity contribution in [1.29, 1.82) is 0 Å². The van der Waals surface area contributed by atoms with Crippen LogP contribution in [-0.4, -0.2) is 54.2 Å². The summed E-state index contributed by atoms with van der Waals surface area (Å²) in [4.78, 5) is 42.9. The van der Waals surface area contributed by atoms with Crippen LogP contribution in [0.4, 0.5) is 4.79 Å². The average molecular weight is 469 g/mol. The van der Waals surface area contributed by atoms with Gasteiger partial charge in [0, 0.05) is 19.4 Å². The monoisotopic (exact) mass is 468 g/mol. The Bertz CT molecular complexity index is 1110. The SMILES string of the molecule is COCC(C)(C=Cc1ccc2ccc(C(C)OC(C)=O)nc2c1)C(=O)N1C(=O)OCC1C(C)C. The highest BCUT2D eigenvalue weighted by atomic mass is 16.6. The van der Waals surface area contributed by atoms with E-state index in [9.17, 15) is 14.4 Å². The van der Waals surface area contributed by atoms with E-state index in [1.165, 1.54) is 18.9 Å². The first-order valence-corrected chi connectivity index (χ1v) is 11.3. The van der Waals surface area contributed by atoms with Crippen LogP contribution in [0.2, 0.25) is 0 Å². The standard InChI is InChI=1S/C26H32N2O6/c1-16(2)23-14-33-25(31)28(23)24(30)26(5,15-32-6)12-11-19-7-8-20-9-10-21(27-22(20)13-19)17(3)34-18(4)29/h7-13,16-17,23H,14-15H2,1-6H3. The summed E-state index contributed by atoms with van der Waals surface area (Å²) in [7, 11) is 1.52. The predicted octanol–water partition coefficient (Wildman–Crippen LogP) is 4.53. The molecule has 182 valence electrons. The largest absolute Gasteiger partial charge is 0.456 e. The highest BCUT2D eigenvalue weighted by Gasteiger charge is 2.46. The number of nitrogens with zero attached hydrogens (tertiary/aromatic N) is 2. The Kier molecular flexibility index (Phi) is 7.71. The highest BCUT2D eigenvalue weighted by molar-refractivity contribution is 5.98. The number of carbonyl (C=O) groups excluding carboxylic acids is 3. The minimum atomic E-state index is -1.07. The smallest absolute Gasteiger partial charge is 0.417 e. The van der Waals surface area contributed by atoms with Gasteiger partial charge in [-0.15, -0.1) is 0 Å². The van der Waals surface area contributed by atoms with Crippen molar-refractivity contribution in [2.75, 3.05) is 20.3 Å². The third kappa shape index (κ3) is 5.44. The lowest BCUT2D eigenvalue weighted by molar-refractivity contribution is -0.146. The van der Waals surface area contributed by atoms with E-state index in [0.29, 0.717) is 5.69 Å². The molecule has 3 unspecified atom stereocenters. The first kappa shape index (κ1) is 25.4. The van der Waals surface area contributed by atoms with E-state index < -0.39 is 17.6 Å². The van der Waals surface area contributed by atoms with Crippen molar-refractivity contribution in [3.05, 3.63) is 47.7 Å². The molecule has 0 spiro atoms. The molecule has 8 heteroatoms. The van der Waals surface area contributed by atoms with Crippen LogP contribution in [0.3, 0.4) is 0 Å². The molecule has 2 aromatic rings. The van der Waals surface area contributed by atoms with E-state index in [1.54, 1.807) is 19.9 Å². The van der Waals surface area contributed by atoms with Crippen molar-refractivity contribution in [2.24, 2.45) is 11.3 Å². The van der Waals surface area contributed by atoms with Crippen LogP contribution in [0, 0.1) is 11.3 Å². The molecule has 1 saturated heterocycles. The van der Waals surface area contributed by atoms with Crippen LogP contribution < -0.4 is 0 Å². The van der Waals surface area contributed by atoms with Gasteiger partial charge < -0.3 is 14.2 Å². The molecule has 3 atom stereocenters. The number of carbonyl (C=O) groups is 3. The number of cyclic esters (lactones) is 1. The number of imide groups is 1. The Hall–Kier alpha value is -3.26. The molecule has 3 rings (SSSR count). The van der Waals surface area contributed by atoms with Gasteiger partial charge in [0.15, 0.2) is 0 Å². The molecule has 1 fully saturated rings. The van der Waals surface area contributed by atoms with Crippen molar-refractivity contribution < 1.29 is 28.6 Å². The van der Waals surface area contributed by atoms with Crippen LogP contribution in [0.1, 0.15) is 52.0 Å². The molecular weight excluding hydrogens is 436 g/mol. The van der Waals surface area contributed by atoms with Gasteiger partial charge in [-0.2, -0.15) is 0 Å². The Morgan fingerprint density at radius 2 is 1.97 bits per heavy atom. The number of esters is 1. The molecule has 1 aliphatic rings. The van der Waals surface area contributed by atoms with Crippen LogP contribution in [0.5, 0.6) is 0 Å². The third-order valence-corrected chi connectivity index (χ3v) is 5.97. The lowest BCUT2D eigenvalue weighted by Crippen LogP contribution is -2.49. The molecule has 1 aromatic carbocycles. The number of amides is 2. The molecule has 2 amide bonds. The quantitative estimate of drug-likeness (QED) is 0.525. The van der Waals surface area contributed by atoms with E-state index >= 15 is 0 Å². The molecule has 0 aliphatic carbocycles. The van der Waals surface area contributed by atoms with Crippen LogP contribution in [-0.2, 0) is 23.8 Å². The molecule has 0 radical (unpaired) electrons. The summed E-state index contributed by atoms with van der Waals surface area (Å²) in [5.41, 5.74) is 1.15. The Labute approximate surface area is 199 Å². The summed E-state index contributed by atoms with van der Waals surface area (Å²) in [6.07, 6.45) is 2.50. The predicted molar refractivity (Wildman–Crippen MR) is 128 cm³/mol. The van der Waals surface area contributed by atoms with Crippen molar-refractivity contribution in [3.8, 4) is 0 Å². The fourth-order valence-electron chi connectivity index (χ4n) is 3.99. The maximum Gasteiger partial charge on any atom is 0.417 e. The van der Waals surface area contributed by atoms with E-state index in [0.717, 1.165) is 16.5 Å². The van der Waals surface area contributed by atoms with E-state index in [4.69, 9.17) is 14.2 Å². The Balaban J connectivity index is 1.90.